The lowest BCUT2D eigenvalue weighted by Gasteiger charge is -2.41. The van der Waals surface area contributed by atoms with E-state index in [0.717, 1.165) is 34.8 Å². The largest absolute Gasteiger partial charge is 0.337 e. The van der Waals surface area contributed by atoms with E-state index in [1.807, 2.05) is 70.2 Å². The van der Waals surface area contributed by atoms with Crippen molar-refractivity contribution >= 4 is 57.9 Å². The predicted molar refractivity (Wildman–Crippen MR) is 189 cm³/mol. The zero-order chi connectivity index (χ0) is 33.8. The maximum Gasteiger partial charge on any atom is 0.263 e. The molecule has 0 aromatic heterocycles. The molecule has 250 valence electrons. The van der Waals surface area contributed by atoms with E-state index in [1.54, 1.807) is 6.92 Å². The number of hydrogen-bond acceptors (Lipinski definition) is 6. The van der Waals surface area contributed by atoms with E-state index in [4.69, 9.17) is 28.2 Å². The Labute approximate surface area is 292 Å². The summed E-state index contributed by atoms with van der Waals surface area (Å²) in [6.07, 6.45) is 2.18. The molecule has 0 N–H and O–H groups in total. The standard InChI is InChI=1S/C36H43Cl2N5O3S/c1-7-28-16-17-29(33(45)40-18-19-41(23(5)44)22(4)20-40)42(28)34(46)31-30(21(2)3)43-32(24-8-12-26(37)13-9-24)36(6,39-35(43)47-31)25-10-14-27(38)15-11-25/h8-15,21-22,28-29,32H,7,16-20H2,1-6H3/t22-,28?,29+,32-,36+/m1/s1. The van der Waals surface area contributed by atoms with Crippen molar-refractivity contribution < 1.29 is 14.4 Å². The molecule has 0 saturated carbocycles. The lowest BCUT2D eigenvalue weighted by molar-refractivity contribution is -0.147. The van der Waals surface area contributed by atoms with Crippen LogP contribution in [-0.2, 0) is 19.9 Å². The molecule has 2 saturated heterocycles. The molecule has 5 atom stereocenters. The van der Waals surface area contributed by atoms with Gasteiger partial charge in [0.15, 0.2) is 5.17 Å². The SMILES string of the molecule is CCC1CC[C@@H](C(=O)N2CCN(C(C)=O)[C@H](C)C2)N1C(=O)C1=C(C(C)C)N2C(=N[C@@](C)(c3ccc(Cl)cc3)[C@H]2c2ccc(Cl)cc2)S1. The van der Waals surface area contributed by atoms with Gasteiger partial charge in [-0.25, -0.2) is 4.99 Å². The molecule has 4 aliphatic rings. The number of fused-ring (bicyclic) bond motifs is 1. The van der Waals surface area contributed by atoms with Gasteiger partial charge in [-0.15, -0.1) is 0 Å². The van der Waals surface area contributed by atoms with Crippen LogP contribution in [0.25, 0.3) is 0 Å². The minimum atomic E-state index is -0.660. The lowest BCUT2D eigenvalue weighted by Crippen LogP contribution is -2.58. The Morgan fingerprint density at radius 3 is 2.21 bits per heavy atom. The summed E-state index contributed by atoms with van der Waals surface area (Å²) >= 11 is 14.0. The number of thioether (sulfide) groups is 1. The van der Waals surface area contributed by atoms with Crippen LogP contribution >= 0.6 is 35.0 Å². The molecule has 1 unspecified atom stereocenters. The van der Waals surface area contributed by atoms with Gasteiger partial charge in [-0.3, -0.25) is 14.4 Å². The molecule has 11 heteroatoms. The fourth-order valence-corrected chi connectivity index (χ4v) is 9.46. The van der Waals surface area contributed by atoms with Crippen LogP contribution in [-0.4, -0.2) is 80.2 Å². The van der Waals surface area contributed by atoms with Crippen LogP contribution < -0.4 is 0 Å². The van der Waals surface area contributed by atoms with Crippen LogP contribution in [0.4, 0.5) is 0 Å². The average molecular weight is 697 g/mol. The molecule has 3 amide bonds. The van der Waals surface area contributed by atoms with E-state index < -0.39 is 11.6 Å². The number of allylic oxidation sites excluding steroid dienone is 1. The number of aliphatic imine (C=N–C) groups is 1. The number of amides is 3. The molecular formula is C36H43Cl2N5O3S. The molecule has 4 aliphatic heterocycles. The number of carbonyl (C=O) groups excluding carboxylic acids is 3. The maximum atomic E-state index is 14.8. The molecule has 47 heavy (non-hydrogen) atoms. The highest BCUT2D eigenvalue weighted by atomic mass is 35.5. The van der Waals surface area contributed by atoms with Crippen molar-refractivity contribution in [1.29, 1.82) is 0 Å². The van der Waals surface area contributed by atoms with Gasteiger partial charge in [0.05, 0.1) is 6.04 Å². The van der Waals surface area contributed by atoms with Crippen molar-refractivity contribution in [2.75, 3.05) is 19.6 Å². The molecule has 2 aromatic rings. The van der Waals surface area contributed by atoms with Crippen molar-refractivity contribution in [2.24, 2.45) is 10.9 Å². The number of hydrogen-bond donors (Lipinski definition) is 0. The minimum Gasteiger partial charge on any atom is -0.337 e. The number of benzene rings is 2. The molecule has 2 aromatic carbocycles. The Bertz CT molecular complexity index is 1630. The first kappa shape index (κ1) is 33.9. The molecular weight excluding hydrogens is 653 g/mol. The normalized spacial score (nSPS) is 27.6. The van der Waals surface area contributed by atoms with Crippen molar-refractivity contribution in [3.63, 3.8) is 0 Å². The van der Waals surface area contributed by atoms with Gasteiger partial charge in [-0.1, -0.05) is 68.2 Å². The fraction of sp³-hybridized carbons (Fsp3) is 0.500. The van der Waals surface area contributed by atoms with Gasteiger partial charge in [0.2, 0.25) is 11.8 Å². The number of carbonyl (C=O) groups is 3. The second-order valence-electron chi connectivity index (χ2n) is 13.6. The zero-order valence-electron chi connectivity index (χ0n) is 27.9. The summed E-state index contributed by atoms with van der Waals surface area (Å²) < 4.78 is 0. The highest BCUT2D eigenvalue weighted by Gasteiger charge is 2.54. The number of rotatable bonds is 6. The van der Waals surface area contributed by atoms with Gasteiger partial charge in [0.25, 0.3) is 5.91 Å². The molecule has 4 heterocycles. The quantitative estimate of drug-likeness (QED) is 0.323. The molecule has 0 radical (unpaired) electrons. The van der Waals surface area contributed by atoms with Gasteiger partial charge in [-0.05, 0) is 86.2 Å². The first-order chi connectivity index (χ1) is 22.3. The van der Waals surface area contributed by atoms with Gasteiger partial charge in [-0.2, -0.15) is 0 Å². The van der Waals surface area contributed by atoms with Crippen LogP contribution in [0.2, 0.25) is 10.0 Å². The number of nitrogens with zero attached hydrogens (tertiary/aromatic N) is 5. The van der Waals surface area contributed by atoms with Crippen LogP contribution in [0.5, 0.6) is 0 Å². The summed E-state index contributed by atoms with van der Waals surface area (Å²) in [5, 5.41) is 2.09. The highest BCUT2D eigenvalue weighted by Crippen LogP contribution is 2.56. The van der Waals surface area contributed by atoms with E-state index in [0.29, 0.717) is 41.0 Å². The second-order valence-corrected chi connectivity index (χ2v) is 15.4. The summed E-state index contributed by atoms with van der Waals surface area (Å²) in [6, 6.07) is 14.8. The lowest BCUT2D eigenvalue weighted by atomic mass is 9.81. The van der Waals surface area contributed by atoms with Crippen molar-refractivity contribution in [2.45, 2.75) is 90.5 Å². The number of amidine groups is 1. The molecule has 8 nitrogen and oxygen atoms in total. The third kappa shape index (κ3) is 5.97. The third-order valence-corrected chi connectivity index (χ3v) is 11.8. The number of halogens is 2. The Hall–Kier alpha value is -3.01. The molecule has 0 bridgehead atoms. The smallest absolute Gasteiger partial charge is 0.263 e. The predicted octanol–water partition coefficient (Wildman–Crippen LogP) is 7.08. The van der Waals surface area contributed by atoms with E-state index in [9.17, 15) is 14.4 Å². The minimum absolute atomic E-state index is 0.00820. The van der Waals surface area contributed by atoms with Crippen molar-refractivity contribution in [3.8, 4) is 0 Å². The van der Waals surface area contributed by atoms with E-state index in [2.05, 4.69) is 32.6 Å². The van der Waals surface area contributed by atoms with Gasteiger partial charge in [0.1, 0.15) is 16.5 Å². The summed E-state index contributed by atoms with van der Waals surface area (Å²) in [5.74, 6) is -0.0932. The van der Waals surface area contributed by atoms with E-state index in [-0.39, 0.29) is 41.8 Å². The summed E-state index contributed by atoms with van der Waals surface area (Å²) in [4.78, 5) is 54.8. The van der Waals surface area contributed by atoms with Gasteiger partial charge >= 0.3 is 0 Å². The molecule has 0 aliphatic carbocycles. The third-order valence-electron chi connectivity index (χ3n) is 10.2. The first-order valence-corrected chi connectivity index (χ1v) is 18.1. The Kier molecular flexibility index (Phi) is 9.46. The Morgan fingerprint density at radius 1 is 1.00 bits per heavy atom. The van der Waals surface area contributed by atoms with Crippen LogP contribution in [0, 0.1) is 5.92 Å². The molecule has 2 fully saturated rings. The van der Waals surface area contributed by atoms with Crippen molar-refractivity contribution in [3.05, 3.63) is 80.3 Å². The summed E-state index contributed by atoms with van der Waals surface area (Å²) in [6.45, 7) is 13.4. The zero-order valence-corrected chi connectivity index (χ0v) is 30.2. The Balaban J connectivity index is 1.37. The first-order valence-electron chi connectivity index (χ1n) is 16.6. The van der Waals surface area contributed by atoms with E-state index in [1.165, 1.54) is 11.8 Å². The number of likely N-dealkylation sites (tertiary alicyclic amines) is 1. The maximum absolute atomic E-state index is 14.8. The topological polar surface area (TPSA) is 76.5 Å². The fourth-order valence-electron chi connectivity index (χ4n) is 7.85. The second kappa shape index (κ2) is 13.1. The van der Waals surface area contributed by atoms with Crippen LogP contribution in [0.3, 0.4) is 0 Å². The molecule has 6 rings (SSSR count). The monoisotopic (exact) mass is 695 g/mol. The van der Waals surface area contributed by atoms with Gasteiger partial charge < -0.3 is 19.6 Å². The van der Waals surface area contributed by atoms with Gasteiger partial charge in [0, 0.05) is 54.4 Å². The van der Waals surface area contributed by atoms with E-state index >= 15 is 0 Å². The highest BCUT2D eigenvalue weighted by molar-refractivity contribution is 8.18. The average Bonchev–Trinajstić information content (AvgIpc) is 3.71. The van der Waals surface area contributed by atoms with Crippen LogP contribution in [0.1, 0.15) is 78.0 Å². The number of piperazine rings is 1. The van der Waals surface area contributed by atoms with Crippen molar-refractivity contribution in [1.82, 2.24) is 19.6 Å². The summed E-state index contributed by atoms with van der Waals surface area (Å²) in [7, 11) is 0. The Morgan fingerprint density at radius 2 is 1.64 bits per heavy atom. The summed E-state index contributed by atoms with van der Waals surface area (Å²) in [5.41, 5.74) is 2.33. The molecule has 0 spiro atoms. The van der Waals surface area contributed by atoms with Crippen LogP contribution in [0.15, 0.2) is 64.1 Å².